The van der Waals surface area contributed by atoms with Gasteiger partial charge in [-0.15, -0.1) is 11.8 Å². The van der Waals surface area contributed by atoms with Crippen molar-refractivity contribution in [1.82, 2.24) is 0 Å². The van der Waals surface area contributed by atoms with Gasteiger partial charge in [0.05, 0.1) is 25.5 Å². The highest BCUT2D eigenvalue weighted by molar-refractivity contribution is 7.99. The van der Waals surface area contributed by atoms with Crippen LogP contribution >= 0.6 is 11.8 Å². The molecule has 142 valence electrons. The number of hydrogen-bond acceptors (Lipinski definition) is 6. The van der Waals surface area contributed by atoms with Crippen LogP contribution in [-0.4, -0.2) is 37.6 Å². The van der Waals surface area contributed by atoms with E-state index in [0.717, 1.165) is 5.56 Å². The smallest absolute Gasteiger partial charge is 0.337 e. The molecule has 1 amide bonds. The van der Waals surface area contributed by atoms with E-state index in [9.17, 15) is 14.4 Å². The number of thioether (sulfide) groups is 1. The number of carbonyl (C=O) groups excluding carboxylic acids is 3. The van der Waals surface area contributed by atoms with Gasteiger partial charge >= 0.3 is 5.97 Å². The highest BCUT2D eigenvalue weighted by Crippen LogP contribution is 2.25. The summed E-state index contributed by atoms with van der Waals surface area (Å²) in [7, 11) is 2.89. The summed E-state index contributed by atoms with van der Waals surface area (Å²) in [5, 5.41) is 2.77. The van der Waals surface area contributed by atoms with Crippen LogP contribution in [0.25, 0.3) is 0 Å². The molecule has 2 aromatic carbocycles. The summed E-state index contributed by atoms with van der Waals surface area (Å²) in [5.74, 6) is 0.867. The normalized spacial score (nSPS) is 10.2. The third kappa shape index (κ3) is 5.86. The van der Waals surface area contributed by atoms with Crippen molar-refractivity contribution >= 4 is 35.1 Å². The lowest BCUT2D eigenvalue weighted by Gasteiger charge is -2.10. The molecule has 0 radical (unpaired) electrons. The number of nitrogens with one attached hydrogen (secondary N) is 1. The number of Topliss-reactive ketones (excluding diaryl/α,β-unsaturated/α-hetero) is 1. The molecular formula is C20H21NO5S. The van der Waals surface area contributed by atoms with E-state index < -0.39 is 5.97 Å². The van der Waals surface area contributed by atoms with Crippen LogP contribution in [0.15, 0.2) is 42.5 Å². The predicted molar refractivity (Wildman–Crippen MR) is 106 cm³/mol. The fourth-order valence-electron chi connectivity index (χ4n) is 2.37. The van der Waals surface area contributed by atoms with E-state index >= 15 is 0 Å². The first kappa shape index (κ1) is 20.5. The van der Waals surface area contributed by atoms with E-state index in [-0.39, 0.29) is 17.4 Å². The van der Waals surface area contributed by atoms with Crippen LogP contribution in [0.5, 0.6) is 5.75 Å². The summed E-state index contributed by atoms with van der Waals surface area (Å²) in [5.41, 5.74) is 2.50. The quantitative estimate of drug-likeness (QED) is 0.551. The first-order chi connectivity index (χ1) is 12.9. The van der Waals surface area contributed by atoms with E-state index in [2.05, 4.69) is 10.1 Å². The van der Waals surface area contributed by atoms with E-state index in [1.165, 1.54) is 25.8 Å². The Kier molecular flexibility index (Phi) is 7.43. The van der Waals surface area contributed by atoms with E-state index in [1.54, 1.807) is 49.6 Å². The maximum Gasteiger partial charge on any atom is 0.337 e. The Morgan fingerprint density at radius 1 is 1.00 bits per heavy atom. The molecular weight excluding hydrogens is 366 g/mol. The van der Waals surface area contributed by atoms with Gasteiger partial charge in [-0.1, -0.05) is 0 Å². The van der Waals surface area contributed by atoms with Crippen molar-refractivity contribution in [3.8, 4) is 5.75 Å². The molecule has 1 N–H and O–H groups in total. The number of esters is 1. The van der Waals surface area contributed by atoms with Crippen molar-refractivity contribution in [3.63, 3.8) is 0 Å². The summed E-state index contributed by atoms with van der Waals surface area (Å²) in [6.45, 7) is 1.51. The Bertz CT molecular complexity index is 833. The molecule has 0 aromatic heterocycles. The molecule has 0 unspecified atom stereocenters. The molecule has 0 aliphatic carbocycles. The second kappa shape index (κ2) is 9.78. The fourth-order valence-corrected chi connectivity index (χ4v) is 3.17. The van der Waals surface area contributed by atoms with Crippen molar-refractivity contribution in [3.05, 3.63) is 59.2 Å². The van der Waals surface area contributed by atoms with E-state index in [4.69, 9.17) is 4.74 Å². The SMILES string of the molecule is COC(=O)c1ccc(NC(=O)CSCc2cc(C(C)=O)ccc2OC)cc1. The van der Waals surface area contributed by atoms with Gasteiger partial charge in [-0.3, -0.25) is 9.59 Å². The topological polar surface area (TPSA) is 81.7 Å². The molecule has 0 aliphatic heterocycles. The van der Waals surface area contributed by atoms with Gasteiger partial charge in [0.15, 0.2) is 5.78 Å². The molecule has 0 fully saturated rings. The Balaban J connectivity index is 1.90. The summed E-state index contributed by atoms with van der Waals surface area (Å²) in [6, 6.07) is 11.7. The second-order valence-corrected chi connectivity index (χ2v) is 6.68. The van der Waals surface area contributed by atoms with Gasteiger partial charge in [-0.05, 0) is 49.4 Å². The van der Waals surface area contributed by atoms with E-state index in [0.29, 0.717) is 28.3 Å². The summed E-state index contributed by atoms with van der Waals surface area (Å²) in [6.07, 6.45) is 0. The number of amides is 1. The summed E-state index contributed by atoms with van der Waals surface area (Å²) >= 11 is 1.42. The highest BCUT2D eigenvalue weighted by Gasteiger charge is 2.10. The van der Waals surface area contributed by atoms with Gasteiger partial charge in [-0.25, -0.2) is 4.79 Å². The number of carbonyl (C=O) groups is 3. The molecule has 0 saturated heterocycles. The monoisotopic (exact) mass is 387 g/mol. The van der Waals surface area contributed by atoms with Gasteiger partial charge < -0.3 is 14.8 Å². The van der Waals surface area contributed by atoms with Gasteiger partial charge in [-0.2, -0.15) is 0 Å². The van der Waals surface area contributed by atoms with Crippen LogP contribution in [0.3, 0.4) is 0 Å². The molecule has 0 heterocycles. The Morgan fingerprint density at radius 2 is 1.67 bits per heavy atom. The van der Waals surface area contributed by atoms with Gasteiger partial charge in [0.2, 0.25) is 5.91 Å². The minimum absolute atomic E-state index is 0.0166. The predicted octanol–water partition coefficient (Wildman–Crippen LogP) is 3.56. The minimum Gasteiger partial charge on any atom is -0.496 e. The zero-order chi connectivity index (χ0) is 19.8. The second-order valence-electron chi connectivity index (χ2n) is 5.69. The van der Waals surface area contributed by atoms with Gasteiger partial charge in [0, 0.05) is 22.6 Å². The van der Waals surface area contributed by atoms with Gasteiger partial charge in [0.1, 0.15) is 5.75 Å². The molecule has 0 atom stereocenters. The first-order valence-electron chi connectivity index (χ1n) is 8.18. The first-order valence-corrected chi connectivity index (χ1v) is 9.34. The lowest BCUT2D eigenvalue weighted by molar-refractivity contribution is -0.113. The van der Waals surface area contributed by atoms with Crippen LogP contribution in [0.4, 0.5) is 5.69 Å². The van der Waals surface area contributed by atoms with Crippen molar-refractivity contribution in [2.24, 2.45) is 0 Å². The third-order valence-electron chi connectivity index (χ3n) is 3.77. The highest BCUT2D eigenvalue weighted by atomic mass is 32.2. The van der Waals surface area contributed by atoms with Crippen molar-refractivity contribution in [2.45, 2.75) is 12.7 Å². The molecule has 2 rings (SSSR count). The number of ketones is 1. The molecule has 0 bridgehead atoms. The maximum absolute atomic E-state index is 12.1. The molecule has 0 saturated carbocycles. The summed E-state index contributed by atoms with van der Waals surface area (Å²) < 4.78 is 9.94. The Morgan fingerprint density at radius 3 is 2.26 bits per heavy atom. The number of anilines is 1. The number of rotatable bonds is 8. The fraction of sp³-hybridized carbons (Fsp3) is 0.250. The molecule has 0 spiro atoms. The Hall–Kier alpha value is -2.80. The van der Waals surface area contributed by atoms with Crippen molar-refractivity contribution < 1.29 is 23.9 Å². The van der Waals surface area contributed by atoms with Crippen LogP contribution in [0, 0.1) is 0 Å². The molecule has 7 heteroatoms. The average molecular weight is 387 g/mol. The van der Waals surface area contributed by atoms with Crippen LogP contribution in [-0.2, 0) is 15.3 Å². The van der Waals surface area contributed by atoms with Gasteiger partial charge in [0.25, 0.3) is 0 Å². The largest absolute Gasteiger partial charge is 0.496 e. The number of hydrogen-bond donors (Lipinski definition) is 1. The van der Waals surface area contributed by atoms with Crippen LogP contribution in [0.2, 0.25) is 0 Å². The lowest BCUT2D eigenvalue weighted by Crippen LogP contribution is -2.14. The van der Waals surface area contributed by atoms with Crippen molar-refractivity contribution in [1.29, 1.82) is 0 Å². The van der Waals surface area contributed by atoms with Crippen LogP contribution in [0.1, 0.15) is 33.2 Å². The number of methoxy groups -OCH3 is 2. The molecule has 27 heavy (non-hydrogen) atoms. The zero-order valence-corrected chi connectivity index (χ0v) is 16.2. The van der Waals surface area contributed by atoms with Crippen molar-refractivity contribution in [2.75, 3.05) is 25.3 Å². The summed E-state index contributed by atoms with van der Waals surface area (Å²) in [4.78, 5) is 35.0. The Labute approximate surface area is 162 Å². The maximum atomic E-state index is 12.1. The number of ether oxygens (including phenoxy) is 2. The molecule has 0 aliphatic rings. The van der Waals surface area contributed by atoms with Crippen LogP contribution < -0.4 is 10.1 Å². The zero-order valence-electron chi connectivity index (χ0n) is 15.4. The molecule has 2 aromatic rings. The average Bonchev–Trinajstić information content (AvgIpc) is 2.67. The minimum atomic E-state index is -0.426. The standard InChI is InChI=1S/C20H21NO5S/c1-13(22)15-6-9-18(25-2)16(10-15)11-27-12-19(23)21-17-7-4-14(5-8-17)20(24)26-3/h4-10H,11-12H2,1-3H3,(H,21,23). The lowest BCUT2D eigenvalue weighted by atomic mass is 10.1. The number of benzene rings is 2. The third-order valence-corrected chi connectivity index (χ3v) is 4.75. The van der Waals surface area contributed by atoms with E-state index in [1.807, 2.05) is 0 Å². The molecule has 6 nitrogen and oxygen atoms in total.